The highest BCUT2D eigenvalue weighted by Crippen LogP contribution is 2.16. The number of thioether (sulfide) groups is 1. The molecule has 29 heavy (non-hydrogen) atoms. The van der Waals surface area contributed by atoms with Crippen molar-refractivity contribution in [2.75, 3.05) is 18.1 Å². The first-order chi connectivity index (χ1) is 13.9. The summed E-state index contributed by atoms with van der Waals surface area (Å²) in [7, 11) is 3.44. The molecular formula is C19H19ClN6O2S. The van der Waals surface area contributed by atoms with Crippen molar-refractivity contribution >= 4 is 40.9 Å². The van der Waals surface area contributed by atoms with Gasteiger partial charge >= 0.3 is 0 Å². The van der Waals surface area contributed by atoms with E-state index >= 15 is 0 Å². The molecule has 0 saturated heterocycles. The molecule has 8 nitrogen and oxygen atoms in total. The molecule has 2 amide bonds. The first kappa shape index (κ1) is 20.8. The van der Waals surface area contributed by atoms with E-state index in [0.29, 0.717) is 28.0 Å². The average Bonchev–Trinajstić information content (AvgIpc) is 3.11. The number of carbonyl (C=O) groups excluding carboxylic acids is 2. The highest BCUT2D eigenvalue weighted by molar-refractivity contribution is 7.99. The summed E-state index contributed by atoms with van der Waals surface area (Å²) in [5.41, 5.74) is 2.10. The number of hydrogen-bond acceptors (Lipinski definition) is 6. The van der Waals surface area contributed by atoms with E-state index < -0.39 is 0 Å². The summed E-state index contributed by atoms with van der Waals surface area (Å²) in [5.74, 6) is -0.125. The zero-order chi connectivity index (χ0) is 20.8. The van der Waals surface area contributed by atoms with Crippen molar-refractivity contribution in [3.8, 4) is 0 Å². The van der Waals surface area contributed by atoms with Crippen LogP contribution in [0, 0.1) is 0 Å². The lowest BCUT2D eigenvalue weighted by molar-refractivity contribution is -0.113. The number of rotatable bonds is 7. The van der Waals surface area contributed by atoms with Gasteiger partial charge in [-0.1, -0.05) is 35.5 Å². The van der Waals surface area contributed by atoms with E-state index in [9.17, 15) is 9.59 Å². The Hall–Kier alpha value is -2.91. The second-order valence-electron chi connectivity index (χ2n) is 6.29. The summed E-state index contributed by atoms with van der Waals surface area (Å²) in [5, 5.41) is 15.0. The smallest absolute Gasteiger partial charge is 0.253 e. The van der Waals surface area contributed by atoms with Crippen LogP contribution in [0.5, 0.6) is 0 Å². The lowest BCUT2D eigenvalue weighted by atomic mass is 10.1. The molecular weight excluding hydrogens is 412 g/mol. The number of aromatic nitrogens is 4. The molecule has 1 heterocycles. The van der Waals surface area contributed by atoms with E-state index in [1.54, 1.807) is 49.3 Å². The quantitative estimate of drug-likeness (QED) is 0.579. The molecule has 0 aliphatic carbocycles. The Labute approximate surface area is 177 Å². The molecule has 0 saturated carbocycles. The van der Waals surface area contributed by atoms with Gasteiger partial charge in [0, 0.05) is 36.9 Å². The summed E-state index contributed by atoms with van der Waals surface area (Å²) in [4.78, 5) is 26.3. The summed E-state index contributed by atoms with van der Waals surface area (Å²) in [6.45, 7) is 0.450. The second kappa shape index (κ2) is 9.53. The van der Waals surface area contributed by atoms with Gasteiger partial charge in [-0.25, -0.2) is 4.68 Å². The third-order valence-electron chi connectivity index (χ3n) is 3.98. The first-order valence-corrected chi connectivity index (χ1v) is 10.0. The fourth-order valence-electron chi connectivity index (χ4n) is 2.57. The first-order valence-electron chi connectivity index (χ1n) is 8.67. The number of nitrogens with zero attached hydrogens (tertiary/aromatic N) is 5. The minimum Gasteiger partial charge on any atom is -0.337 e. The van der Waals surface area contributed by atoms with Crippen LogP contribution in [-0.2, 0) is 18.4 Å². The van der Waals surface area contributed by atoms with Crippen molar-refractivity contribution in [3.63, 3.8) is 0 Å². The van der Waals surface area contributed by atoms with Crippen LogP contribution in [0.15, 0.2) is 53.7 Å². The van der Waals surface area contributed by atoms with Crippen molar-refractivity contribution in [1.29, 1.82) is 0 Å². The molecule has 3 aromatic rings. The number of carbonyl (C=O) groups is 2. The lowest BCUT2D eigenvalue weighted by Crippen LogP contribution is -2.26. The fourth-order valence-corrected chi connectivity index (χ4v) is 3.43. The Balaban J connectivity index is 1.54. The van der Waals surface area contributed by atoms with Crippen LogP contribution >= 0.6 is 23.4 Å². The molecule has 1 aromatic heterocycles. The van der Waals surface area contributed by atoms with Crippen molar-refractivity contribution in [1.82, 2.24) is 25.1 Å². The van der Waals surface area contributed by atoms with Gasteiger partial charge in [-0.15, -0.1) is 5.10 Å². The van der Waals surface area contributed by atoms with Crippen molar-refractivity contribution in [3.05, 3.63) is 64.7 Å². The van der Waals surface area contributed by atoms with Crippen LogP contribution in [0.4, 0.5) is 5.69 Å². The van der Waals surface area contributed by atoms with E-state index in [1.807, 2.05) is 18.2 Å². The molecule has 0 bridgehead atoms. The molecule has 1 N–H and O–H groups in total. The van der Waals surface area contributed by atoms with E-state index in [-0.39, 0.29) is 17.6 Å². The zero-order valence-corrected chi connectivity index (χ0v) is 17.4. The second-order valence-corrected chi connectivity index (χ2v) is 7.67. The molecule has 0 atom stereocenters. The number of tetrazole rings is 1. The third kappa shape index (κ3) is 5.78. The van der Waals surface area contributed by atoms with Gasteiger partial charge < -0.3 is 10.2 Å². The Morgan fingerprint density at radius 2 is 1.97 bits per heavy atom. The number of halogens is 1. The molecule has 0 radical (unpaired) electrons. The highest BCUT2D eigenvalue weighted by Gasteiger charge is 2.13. The van der Waals surface area contributed by atoms with E-state index in [4.69, 9.17) is 11.6 Å². The minimum atomic E-state index is -0.185. The van der Waals surface area contributed by atoms with E-state index in [0.717, 1.165) is 5.56 Å². The molecule has 0 aliphatic rings. The Kier molecular flexibility index (Phi) is 6.84. The number of benzene rings is 2. The van der Waals surface area contributed by atoms with Crippen molar-refractivity contribution in [2.24, 2.45) is 7.05 Å². The van der Waals surface area contributed by atoms with Gasteiger partial charge in [-0.2, -0.15) is 0 Å². The predicted octanol–water partition coefficient (Wildman–Crippen LogP) is 2.87. The van der Waals surface area contributed by atoms with Crippen LogP contribution in [0.3, 0.4) is 0 Å². The summed E-state index contributed by atoms with van der Waals surface area (Å²) >= 11 is 7.23. The number of hydrogen-bond donors (Lipinski definition) is 1. The van der Waals surface area contributed by atoms with Crippen LogP contribution in [0.1, 0.15) is 15.9 Å². The Morgan fingerprint density at radius 1 is 1.21 bits per heavy atom. The van der Waals surface area contributed by atoms with Gasteiger partial charge in [0.2, 0.25) is 11.1 Å². The van der Waals surface area contributed by atoms with Gasteiger partial charge in [0.05, 0.1) is 5.75 Å². The summed E-state index contributed by atoms with van der Waals surface area (Å²) in [6.07, 6.45) is 0. The van der Waals surface area contributed by atoms with Crippen molar-refractivity contribution in [2.45, 2.75) is 11.7 Å². The standard InChI is InChI=1S/C19H19ClN6O2S/c1-25(11-13-4-3-5-15(20)10-13)18(28)14-6-8-16(9-7-14)21-17(27)12-29-19-22-23-24-26(19)2/h3-10H,11-12H2,1-2H3,(H,21,27). The molecule has 0 fully saturated rings. The van der Waals surface area contributed by atoms with Crippen molar-refractivity contribution < 1.29 is 9.59 Å². The highest BCUT2D eigenvalue weighted by atomic mass is 35.5. The van der Waals surface area contributed by atoms with Crippen LogP contribution in [-0.4, -0.2) is 49.7 Å². The molecule has 0 aliphatic heterocycles. The van der Waals surface area contributed by atoms with Crippen LogP contribution < -0.4 is 5.32 Å². The topological polar surface area (TPSA) is 93.0 Å². The van der Waals surface area contributed by atoms with Gasteiger partial charge in [0.15, 0.2) is 0 Å². The molecule has 0 spiro atoms. The molecule has 3 rings (SSSR count). The Morgan fingerprint density at radius 3 is 2.62 bits per heavy atom. The largest absolute Gasteiger partial charge is 0.337 e. The van der Waals surface area contributed by atoms with Gasteiger partial charge in [-0.05, 0) is 52.4 Å². The number of nitrogens with one attached hydrogen (secondary N) is 1. The third-order valence-corrected chi connectivity index (χ3v) is 5.23. The molecule has 2 aromatic carbocycles. The molecule has 150 valence electrons. The number of anilines is 1. The van der Waals surface area contributed by atoms with Gasteiger partial charge in [-0.3, -0.25) is 9.59 Å². The average molecular weight is 431 g/mol. The SMILES string of the molecule is CN(Cc1cccc(Cl)c1)C(=O)c1ccc(NC(=O)CSc2nnnn2C)cc1. The predicted molar refractivity (Wildman–Crippen MR) is 112 cm³/mol. The van der Waals surface area contributed by atoms with Crippen LogP contribution in [0.25, 0.3) is 0 Å². The lowest BCUT2D eigenvalue weighted by Gasteiger charge is -2.17. The monoisotopic (exact) mass is 430 g/mol. The van der Waals surface area contributed by atoms with E-state index in [2.05, 4.69) is 20.8 Å². The Bertz CT molecular complexity index is 1010. The molecule has 0 unspecified atom stereocenters. The maximum absolute atomic E-state index is 12.6. The summed E-state index contributed by atoms with van der Waals surface area (Å²) < 4.78 is 1.50. The van der Waals surface area contributed by atoms with Crippen LogP contribution in [0.2, 0.25) is 5.02 Å². The van der Waals surface area contributed by atoms with Gasteiger partial charge in [0.1, 0.15) is 0 Å². The number of amides is 2. The minimum absolute atomic E-state index is 0.117. The fraction of sp³-hybridized carbons (Fsp3) is 0.211. The number of aryl methyl sites for hydroxylation is 1. The maximum atomic E-state index is 12.6. The summed E-state index contributed by atoms with van der Waals surface area (Å²) in [6, 6.07) is 14.2. The normalized spacial score (nSPS) is 10.6. The molecule has 10 heteroatoms. The maximum Gasteiger partial charge on any atom is 0.253 e. The van der Waals surface area contributed by atoms with Gasteiger partial charge in [0.25, 0.3) is 5.91 Å². The zero-order valence-electron chi connectivity index (χ0n) is 15.9. The van der Waals surface area contributed by atoms with E-state index in [1.165, 1.54) is 16.4 Å².